The van der Waals surface area contributed by atoms with Crippen LogP contribution in [0.4, 0.5) is 0 Å². The molecular weight excluding hydrogens is 274 g/mol. The Morgan fingerprint density at radius 3 is 2.50 bits per heavy atom. The predicted molar refractivity (Wildman–Crippen MR) is 80.8 cm³/mol. The van der Waals surface area contributed by atoms with Crippen LogP contribution in [0, 0.1) is 0 Å². The second-order valence-corrected chi connectivity index (χ2v) is 9.24. The Kier molecular flexibility index (Phi) is 3.63. The summed E-state index contributed by atoms with van der Waals surface area (Å²) in [5.74, 6) is 0.868. The molecular formula is C15H23NO3S. The third-order valence-corrected chi connectivity index (χ3v) is 6.19. The highest BCUT2D eigenvalue weighted by atomic mass is 32.2. The molecule has 1 heterocycles. The van der Waals surface area contributed by atoms with E-state index < -0.39 is 20.2 Å². The largest absolute Gasteiger partial charge is 0.486 e. The molecule has 1 aliphatic rings. The van der Waals surface area contributed by atoms with E-state index in [1.54, 1.807) is 13.8 Å². The van der Waals surface area contributed by atoms with E-state index in [0.29, 0.717) is 6.54 Å². The molecule has 0 aliphatic carbocycles. The molecule has 20 heavy (non-hydrogen) atoms. The molecule has 0 radical (unpaired) electrons. The van der Waals surface area contributed by atoms with Crippen LogP contribution in [-0.2, 0) is 9.84 Å². The summed E-state index contributed by atoms with van der Waals surface area (Å²) in [6.45, 7) is 7.89. The van der Waals surface area contributed by atoms with E-state index in [-0.39, 0.29) is 6.04 Å². The molecule has 2 rings (SSSR count). The van der Waals surface area contributed by atoms with Crippen molar-refractivity contribution in [1.82, 2.24) is 5.32 Å². The summed E-state index contributed by atoms with van der Waals surface area (Å²) < 4.78 is 28.7. The van der Waals surface area contributed by atoms with Gasteiger partial charge in [-0.3, -0.25) is 0 Å². The second-order valence-electron chi connectivity index (χ2n) is 6.59. The highest BCUT2D eigenvalue weighted by Gasteiger charge is 2.42. The molecule has 4 nitrogen and oxygen atoms in total. The first kappa shape index (κ1) is 15.3. The number of para-hydroxylation sites is 1. The minimum Gasteiger partial charge on any atom is -0.486 e. The first-order valence-electron chi connectivity index (χ1n) is 6.75. The molecule has 5 heteroatoms. The monoisotopic (exact) mass is 297 g/mol. The molecule has 1 aromatic rings. The van der Waals surface area contributed by atoms with E-state index in [9.17, 15) is 8.42 Å². The van der Waals surface area contributed by atoms with Crippen molar-refractivity contribution < 1.29 is 13.2 Å². The van der Waals surface area contributed by atoms with Crippen LogP contribution in [0.1, 0.15) is 39.3 Å². The van der Waals surface area contributed by atoms with E-state index in [2.05, 4.69) is 5.32 Å². The van der Waals surface area contributed by atoms with E-state index in [1.807, 2.05) is 38.1 Å². The van der Waals surface area contributed by atoms with Crippen LogP contribution in [0.25, 0.3) is 0 Å². The quantitative estimate of drug-likeness (QED) is 0.926. The highest BCUT2D eigenvalue weighted by molar-refractivity contribution is 7.92. The van der Waals surface area contributed by atoms with Gasteiger partial charge in [0.25, 0.3) is 0 Å². The summed E-state index contributed by atoms with van der Waals surface area (Å²) in [5.41, 5.74) is 0.693. The van der Waals surface area contributed by atoms with Crippen molar-refractivity contribution in [1.29, 1.82) is 0 Å². The summed E-state index contributed by atoms with van der Waals surface area (Å²) in [4.78, 5) is 0. The van der Waals surface area contributed by atoms with Gasteiger partial charge < -0.3 is 10.1 Å². The van der Waals surface area contributed by atoms with Crippen LogP contribution < -0.4 is 10.1 Å². The van der Waals surface area contributed by atoms with Crippen molar-refractivity contribution in [3.63, 3.8) is 0 Å². The normalized spacial score (nSPS) is 21.4. The van der Waals surface area contributed by atoms with Crippen molar-refractivity contribution in [3.05, 3.63) is 29.8 Å². The van der Waals surface area contributed by atoms with Gasteiger partial charge in [-0.25, -0.2) is 8.42 Å². The van der Waals surface area contributed by atoms with Gasteiger partial charge in [-0.05, 0) is 33.8 Å². The van der Waals surface area contributed by atoms with Gasteiger partial charge in [-0.1, -0.05) is 18.2 Å². The summed E-state index contributed by atoms with van der Waals surface area (Å²) in [7, 11) is -3.11. The smallest absolute Gasteiger partial charge is 0.153 e. The van der Waals surface area contributed by atoms with Crippen molar-refractivity contribution in [3.8, 4) is 5.75 Å². The molecule has 1 unspecified atom stereocenters. The Hall–Kier alpha value is -1.07. The van der Waals surface area contributed by atoms with Gasteiger partial charge in [-0.2, -0.15) is 0 Å². The number of ether oxygens (including phenoxy) is 1. The molecule has 0 fully saturated rings. The zero-order valence-electron chi connectivity index (χ0n) is 12.7. The van der Waals surface area contributed by atoms with Gasteiger partial charge >= 0.3 is 0 Å². The zero-order valence-corrected chi connectivity index (χ0v) is 13.5. The lowest BCUT2D eigenvalue weighted by molar-refractivity contribution is 0.0956. The molecule has 0 aromatic heterocycles. The highest BCUT2D eigenvalue weighted by Crippen LogP contribution is 2.42. The number of fused-ring (bicyclic) bond motifs is 1. The average molecular weight is 297 g/mol. The Morgan fingerprint density at radius 2 is 1.90 bits per heavy atom. The van der Waals surface area contributed by atoms with Gasteiger partial charge in [0.2, 0.25) is 0 Å². The Balaban J connectivity index is 2.21. The van der Waals surface area contributed by atoms with Crippen LogP contribution in [0.3, 0.4) is 0 Å². The molecule has 0 spiro atoms. The molecule has 112 valence electrons. The SMILES string of the molecule is CC1(C)Oc2ccccc2C1NCC(C)(C)S(C)(=O)=O. The third kappa shape index (κ3) is 2.69. The summed E-state index contributed by atoms with van der Waals surface area (Å²) in [5, 5.41) is 3.37. The fraction of sp³-hybridized carbons (Fsp3) is 0.600. The van der Waals surface area contributed by atoms with Crippen LogP contribution in [0.15, 0.2) is 24.3 Å². The second kappa shape index (κ2) is 4.74. The third-order valence-electron chi connectivity index (χ3n) is 4.03. The van der Waals surface area contributed by atoms with E-state index in [4.69, 9.17) is 4.74 Å². The van der Waals surface area contributed by atoms with E-state index in [1.165, 1.54) is 6.26 Å². The minimum absolute atomic E-state index is 0.0141. The van der Waals surface area contributed by atoms with Crippen LogP contribution in [-0.4, -0.2) is 31.6 Å². The lowest BCUT2D eigenvalue weighted by atomic mass is 9.94. The molecule has 1 N–H and O–H groups in total. The fourth-order valence-electron chi connectivity index (χ4n) is 2.36. The summed E-state index contributed by atoms with van der Waals surface area (Å²) in [6, 6.07) is 7.87. The molecule has 1 atom stereocenters. The predicted octanol–water partition coefficient (Wildman–Crippen LogP) is 2.31. The lowest BCUT2D eigenvalue weighted by Crippen LogP contribution is -2.47. The Bertz CT molecular complexity index is 605. The van der Waals surface area contributed by atoms with Gasteiger partial charge in [0, 0.05) is 18.4 Å². The topological polar surface area (TPSA) is 55.4 Å². The van der Waals surface area contributed by atoms with Gasteiger partial charge in [-0.15, -0.1) is 0 Å². The van der Waals surface area contributed by atoms with Crippen molar-refractivity contribution >= 4 is 9.84 Å². The maximum absolute atomic E-state index is 11.8. The van der Waals surface area contributed by atoms with Gasteiger partial charge in [0.05, 0.1) is 10.8 Å². The number of sulfone groups is 1. The standard InChI is InChI=1S/C15H23NO3S/c1-14(2,20(5,17)18)10-16-13-11-8-6-7-9-12(11)19-15(13,3)4/h6-9,13,16H,10H2,1-5H3. The number of hydrogen-bond donors (Lipinski definition) is 1. The number of hydrogen-bond acceptors (Lipinski definition) is 4. The van der Waals surface area contributed by atoms with E-state index >= 15 is 0 Å². The molecule has 0 saturated heterocycles. The molecule has 0 bridgehead atoms. The van der Waals surface area contributed by atoms with E-state index in [0.717, 1.165) is 11.3 Å². The Labute approximate surface area is 121 Å². The van der Waals surface area contributed by atoms with Crippen molar-refractivity contribution in [2.45, 2.75) is 44.1 Å². The minimum atomic E-state index is -3.11. The molecule has 1 aliphatic heterocycles. The fourth-order valence-corrected chi connectivity index (χ4v) is 2.71. The number of nitrogens with one attached hydrogen (secondary N) is 1. The summed E-state index contributed by atoms with van der Waals surface area (Å²) in [6.07, 6.45) is 1.28. The zero-order chi connectivity index (χ0) is 15.2. The number of benzene rings is 1. The van der Waals surface area contributed by atoms with Crippen LogP contribution in [0.5, 0.6) is 5.75 Å². The van der Waals surface area contributed by atoms with Crippen LogP contribution in [0.2, 0.25) is 0 Å². The molecule has 1 aromatic carbocycles. The Morgan fingerprint density at radius 1 is 1.30 bits per heavy atom. The van der Waals surface area contributed by atoms with Crippen LogP contribution >= 0.6 is 0 Å². The van der Waals surface area contributed by atoms with Gasteiger partial charge in [0.15, 0.2) is 9.84 Å². The van der Waals surface area contributed by atoms with Crippen molar-refractivity contribution in [2.24, 2.45) is 0 Å². The molecule has 0 amide bonds. The first-order valence-corrected chi connectivity index (χ1v) is 8.65. The summed E-state index contributed by atoms with van der Waals surface area (Å²) >= 11 is 0. The van der Waals surface area contributed by atoms with Crippen molar-refractivity contribution in [2.75, 3.05) is 12.8 Å². The maximum Gasteiger partial charge on any atom is 0.153 e. The van der Waals surface area contributed by atoms with Gasteiger partial charge in [0.1, 0.15) is 11.4 Å². The average Bonchev–Trinajstić information content (AvgIpc) is 2.54. The lowest BCUT2D eigenvalue weighted by Gasteiger charge is -2.31. The first-order chi connectivity index (χ1) is 9.05. The molecule has 0 saturated carbocycles. The number of rotatable bonds is 4. The maximum atomic E-state index is 11.8.